The second kappa shape index (κ2) is 182. The molecule has 2 nitrogen and oxygen atoms in total. The minimum atomic E-state index is 0. The summed E-state index contributed by atoms with van der Waals surface area (Å²) in [5, 5.41) is 0. The maximum atomic E-state index is 0. The second-order valence-electron chi connectivity index (χ2n) is 0. The van der Waals surface area contributed by atoms with Gasteiger partial charge in [0, 0.05) is 0 Å². The zero-order valence-electron chi connectivity index (χ0n) is 3.23. The lowest BCUT2D eigenvalue weighted by molar-refractivity contribution is 1.11. The van der Waals surface area contributed by atoms with Crippen LogP contribution in [0, 0.1) is 0 Å². The number of hydrogen-bond acceptors (Lipinski definition) is 2. The molecule has 0 amide bonds. The van der Waals surface area contributed by atoms with Crippen molar-refractivity contribution in [2.24, 2.45) is 0 Å². The zero-order chi connectivity index (χ0) is 0. The van der Waals surface area contributed by atoms with Crippen LogP contribution in [-0.4, -0.2) is 0 Å². The first-order valence-corrected chi connectivity index (χ1v) is 0. The van der Waals surface area contributed by atoms with Crippen molar-refractivity contribution >= 4 is 0 Å². The van der Waals surface area contributed by atoms with Crippen LogP contribution in [0.1, 0.15) is 1.43 Å². The first kappa shape index (κ1) is 604. The number of rotatable bonds is 0. The molecule has 0 aliphatic carbocycles. The Balaban J connectivity index is 0. The van der Waals surface area contributed by atoms with Gasteiger partial charge in [-0.05, 0) is 0 Å². The second-order valence-corrected chi connectivity index (χ2v) is 0. The predicted octanol–water partition coefficient (Wildman–Crippen LogP) is 0.741. The number of hydrogen-bond donors (Lipinski definition) is 2. The Bertz CT molecular complexity index is 7.61. The van der Waals surface area contributed by atoms with Crippen LogP contribution in [-0.2, 0) is 0 Å². The molecule has 0 unspecified atom stereocenters. The average molecular weight is 75.1 g/mol. The molecule has 0 spiro atoms. The van der Waals surface area contributed by atoms with Crippen molar-refractivity contribution in [3.63, 3.8) is 0 Å². The summed E-state index contributed by atoms with van der Waals surface area (Å²) in [4.78, 5) is 0. The van der Waals surface area contributed by atoms with E-state index in [0.29, 0.717) is 0 Å². The van der Waals surface area contributed by atoms with Crippen molar-refractivity contribution in [3.05, 3.63) is 0 Å². The molecule has 0 rings (SSSR count). The van der Waals surface area contributed by atoms with E-state index in [-0.39, 0.29) is 23.1 Å². The van der Waals surface area contributed by atoms with E-state index in [1.165, 1.54) is 0 Å². The van der Waals surface area contributed by atoms with Crippen LogP contribution in [0.25, 0.3) is 0 Å². The topological polar surface area (TPSA) is 70.0 Å². The van der Waals surface area contributed by atoms with E-state index in [9.17, 15) is 0 Å². The fourth-order valence-corrected chi connectivity index (χ4v) is 0. The lowest BCUT2D eigenvalue weighted by atomic mass is 14.0. The molecule has 0 aromatic rings. The van der Waals surface area contributed by atoms with E-state index in [1.807, 2.05) is 0 Å². The fraction of sp³-hybridized carbons (Fsp3) is 0. The molecule has 0 bridgehead atoms. The van der Waals surface area contributed by atoms with E-state index < -0.39 is 0 Å². The summed E-state index contributed by atoms with van der Waals surface area (Å²) < 4.78 is 0. The molecule has 0 aromatic heterocycles. The maximum Gasteiger partial charge on any atom is 1.00 e. The van der Waals surface area contributed by atoms with Crippen molar-refractivity contribution in [3.8, 4) is 0 Å². The monoisotopic (exact) mass is 75.1 g/mol. The van der Waals surface area contributed by atoms with Crippen LogP contribution in [0.15, 0.2) is 0 Å². The molecule has 6 N–H and O–H groups in total. The molecule has 0 saturated carbocycles. The zero-order valence-corrected chi connectivity index (χ0v) is 2.23. The van der Waals surface area contributed by atoms with Gasteiger partial charge >= 0.3 is 1.43 Å². The Hall–Kier alpha value is -0.220. The summed E-state index contributed by atoms with van der Waals surface area (Å²) >= 11 is 0. The summed E-state index contributed by atoms with van der Waals surface area (Å²) in [6.45, 7) is 0. The molecule has 0 fully saturated rings. The van der Waals surface area contributed by atoms with Crippen LogP contribution >= 0.6 is 0 Å². The third-order valence-electron chi connectivity index (χ3n) is 0. The van der Waals surface area contributed by atoms with E-state index in [1.54, 1.807) is 0 Å². The van der Waals surface area contributed by atoms with Gasteiger partial charge in [-0.2, -0.15) is 0 Å². The van der Waals surface area contributed by atoms with E-state index in [0.717, 1.165) is 0 Å². The molecule has 0 radical (unpaired) electrons. The van der Waals surface area contributed by atoms with E-state index in [2.05, 4.69) is 0 Å². The summed E-state index contributed by atoms with van der Waals surface area (Å²) in [6.07, 6.45) is 0. The smallest absolute Gasteiger partial charge is 0.344 e. The highest BCUT2D eigenvalue weighted by atomic mass is 19.0. The van der Waals surface area contributed by atoms with Gasteiger partial charge in [0.15, 0.2) is 0 Å². The summed E-state index contributed by atoms with van der Waals surface area (Å²) in [6, 6.07) is 0. The predicted molar refractivity (Wildman–Crippen MR) is 16.2 cm³/mol. The molecule has 0 heterocycles. The van der Waals surface area contributed by atoms with Gasteiger partial charge in [0.05, 0.1) is 0 Å². The minimum absolute atomic E-state index is 0. The van der Waals surface area contributed by atoms with Gasteiger partial charge in [0.25, 0.3) is 0 Å². The lowest BCUT2D eigenvalue weighted by Crippen LogP contribution is -0.482. The highest BCUT2D eigenvalue weighted by molar-refractivity contribution is 2.14. The Kier molecular flexibility index (Phi) is 27500. The third-order valence-corrected chi connectivity index (χ3v) is 0. The van der Waals surface area contributed by atoms with Gasteiger partial charge < -0.3 is 12.3 Å². The van der Waals surface area contributed by atoms with Crippen LogP contribution in [0.4, 0.5) is 9.41 Å². The molecular formula is H9F2N2+. The minimum Gasteiger partial charge on any atom is -0.344 e. The normalized spacial score (nSPS) is 0. The Labute approximate surface area is 24.6 Å². The molecule has 0 atom stereocenters. The first-order valence-electron chi connectivity index (χ1n) is 0. The van der Waals surface area contributed by atoms with Gasteiger partial charge in [-0.15, -0.1) is 0 Å². The molecular weight excluding hydrogens is 66.0 g/mol. The van der Waals surface area contributed by atoms with Crippen molar-refractivity contribution in [2.45, 2.75) is 0 Å². The van der Waals surface area contributed by atoms with E-state index >= 15 is 0 Å². The van der Waals surface area contributed by atoms with Crippen molar-refractivity contribution in [1.29, 1.82) is 0 Å². The van der Waals surface area contributed by atoms with E-state index in [4.69, 9.17) is 0 Å². The van der Waals surface area contributed by atoms with Gasteiger partial charge in [-0.3, -0.25) is 9.41 Å². The molecule has 0 aliphatic heterocycles. The highest BCUT2D eigenvalue weighted by Gasteiger charge is -0.268. The maximum absolute atomic E-state index is 0. The van der Waals surface area contributed by atoms with Gasteiger partial charge in [-0.25, -0.2) is 0 Å². The van der Waals surface area contributed by atoms with Crippen LogP contribution in [0.5, 0.6) is 0 Å². The molecule has 0 aliphatic rings. The van der Waals surface area contributed by atoms with Gasteiger partial charge in [0.1, 0.15) is 0 Å². The molecule has 4 heteroatoms. The Morgan fingerprint density at radius 2 is 0.750 bits per heavy atom. The average Bonchev–Trinajstić information content (AvgIpc) is 0. The number of halogens is 2. The molecule has 0 saturated heterocycles. The highest BCUT2D eigenvalue weighted by Crippen LogP contribution is 0.421. The lowest BCUT2D eigenvalue weighted by Gasteiger charge is -0.345. The Morgan fingerprint density at radius 1 is 0.750 bits per heavy atom. The third kappa shape index (κ3) is 22.4. The first-order chi connectivity index (χ1) is 0. The van der Waals surface area contributed by atoms with Gasteiger partial charge in [-0.1, -0.05) is 0 Å². The van der Waals surface area contributed by atoms with Gasteiger partial charge in [0.2, 0.25) is 0 Å². The van der Waals surface area contributed by atoms with Crippen molar-refractivity contribution < 1.29 is 10.8 Å². The SMILES string of the molecule is F.F.N.N.[H+]. The van der Waals surface area contributed by atoms with Crippen LogP contribution in [0.3, 0.4) is 0 Å². The largest absolute Gasteiger partial charge is 1.00 e. The fourth-order valence-electron chi connectivity index (χ4n) is 0. The molecule has 32 valence electrons. The quantitative estimate of drug-likeness (QED) is 0.445. The van der Waals surface area contributed by atoms with Crippen LogP contribution < -0.4 is 12.3 Å². The molecule has 0 aromatic carbocycles. The standard InChI is InChI=1S/2FH.2H3N/h2*1H;2*1H3/p+1. The van der Waals surface area contributed by atoms with Crippen molar-refractivity contribution in [1.82, 2.24) is 12.3 Å². The Morgan fingerprint density at radius 3 is 0.750 bits per heavy atom. The van der Waals surface area contributed by atoms with Crippen LogP contribution in [0.2, 0.25) is 0 Å². The molecule has 4 heavy (non-hydrogen) atoms. The van der Waals surface area contributed by atoms with Crippen molar-refractivity contribution in [2.75, 3.05) is 0 Å². The summed E-state index contributed by atoms with van der Waals surface area (Å²) in [5.41, 5.74) is 0. The summed E-state index contributed by atoms with van der Waals surface area (Å²) in [7, 11) is 0. The summed E-state index contributed by atoms with van der Waals surface area (Å²) in [5.74, 6) is 0.